The largest absolute Gasteiger partial charge is 0.488 e. The predicted molar refractivity (Wildman–Crippen MR) is 174 cm³/mol. The molecule has 2 aromatic carbocycles. The van der Waals surface area contributed by atoms with Crippen LogP contribution in [-0.4, -0.2) is 63.1 Å². The zero-order valence-electron chi connectivity index (χ0n) is 26.8. The Morgan fingerprint density at radius 2 is 1.55 bits per heavy atom. The SMILES string of the molecule is COC(=O)NC(C(=O)N1CCCC1c1ncc(-c2cc3c4c(c2)OCc2cc(-c5cnc(C6CCCN6)[nH]5)cc(c2-4)OC3)[nH]1)C(C)C. The first-order valence-electron chi connectivity index (χ1n) is 16.5. The summed E-state index contributed by atoms with van der Waals surface area (Å²) in [6, 6.07) is 7.85. The predicted octanol–water partition coefficient (Wildman–Crippen LogP) is 5.39. The summed E-state index contributed by atoms with van der Waals surface area (Å²) in [4.78, 5) is 43.7. The Labute approximate surface area is 272 Å². The average molecular weight is 638 g/mol. The van der Waals surface area contributed by atoms with Crippen molar-refractivity contribution in [1.82, 2.24) is 35.5 Å². The van der Waals surface area contributed by atoms with Crippen molar-refractivity contribution in [2.24, 2.45) is 5.92 Å². The number of alkyl carbamates (subject to hydrolysis) is 1. The zero-order valence-corrected chi connectivity index (χ0v) is 26.8. The van der Waals surface area contributed by atoms with E-state index in [1.165, 1.54) is 7.11 Å². The smallest absolute Gasteiger partial charge is 0.407 e. The van der Waals surface area contributed by atoms with Gasteiger partial charge < -0.3 is 39.7 Å². The highest BCUT2D eigenvalue weighted by atomic mass is 16.5. The molecule has 4 N–H and O–H groups in total. The van der Waals surface area contributed by atoms with Gasteiger partial charge in [0.2, 0.25) is 5.91 Å². The number of H-pyrrole nitrogens is 2. The summed E-state index contributed by atoms with van der Waals surface area (Å²) in [6.45, 7) is 6.30. The number of ether oxygens (including phenoxy) is 3. The number of nitrogens with zero attached hydrogens (tertiary/aromatic N) is 3. The first kappa shape index (κ1) is 29.6. The van der Waals surface area contributed by atoms with Crippen molar-refractivity contribution in [3.05, 3.63) is 59.4 Å². The molecule has 0 saturated carbocycles. The van der Waals surface area contributed by atoms with Crippen LogP contribution in [0.4, 0.5) is 4.79 Å². The number of aromatic nitrogens is 4. The molecule has 3 unspecified atom stereocenters. The van der Waals surface area contributed by atoms with Gasteiger partial charge in [-0.2, -0.15) is 0 Å². The molecule has 6 heterocycles. The lowest BCUT2D eigenvalue weighted by molar-refractivity contribution is -0.135. The molecule has 12 heteroatoms. The van der Waals surface area contributed by atoms with Crippen molar-refractivity contribution in [2.75, 3.05) is 20.2 Å². The van der Waals surface area contributed by atoms with Crippen LogP contribution in [0.25, 0.3) is 33.6 Å². The molecule has 0 aliphatic carbocycles. The fourth-order valence-electron chi connectivity index (χ4n) is 7.42. The summed E-state index contributed by atoms with van der Waals surface area (Å²) in [5.74, 6) is 3.14. The molecular formula is C35H39N7O5. The lowest BCUT2D eigenvalue weighted by Gasteiger charge is -2.30. The minimum Gasteiger partial charge on any atom is -0.488 e. The van der Waals surface area contributed by atoms with E-state index in [-0.39, 0.29) is 23.9 Å². The Morgan fingerprint density at radius 3 is 2.15 bits per heavy atom. The van der Waals surface area contributed by atoms with Crippen LogP contribution in [0, 0.1) is 5.92 Å². The molecule has 2 aromatic heterocycles. The second kappa shape index (κ2) is 11.8. The number of methoxy groups -OCH3 is 1. The van der Waals surface area contributed by atoms with Gasteiger partial charge in [0.25, 0.3) is 0 Å². The van der Waals surface area contributed by atoms with E-state index in [1.807, 2.05) is 31.1 Å². The normalized spacial score (nSPS) is 20.0. The molecule has 47 heavy (non-hydrogen) atoms. The molecule has 2 saturated heterocycles. The van der Waals surface area contributed by atoms with Gasteiger partial charge in [0.05, 0.1) is 43.0 Å². The first-order chi connectivity index (χ1) is 22.9. The van der Waals surface area contributed by atoms with Crippen LogP contribution in [-0.2, 0) is 22.7 Å². The third-order valence-corrected chi connectivity index (χ3v) is 9.83. The van der Waals surface area contributed by atoms with Crippen LogP contribution in [0.15, 0.2) is 36.7 Å². The van der Waals surface area contributed by atoms with Crippen LogP contribution in [0.2, 0.25) is 0 Å². The molecule has 0 radical (unpaired) electrons. The van der Waals surface area contributed by atoms with E-state index in [9.17, 15) is 9.59 Å². The number of carbonyl (C=O) groups excluding carboxylic acids is 2. The minimum atomic E-state index is -0.682. The number of benzene rings is 2. The van der Waals surface area contributed by atoms with Gasteiger partial charge in [-0.25, -0.2) is 14.8 Å². The number of hydrogen-bond donors (Lipinski definition) is 4. The highest BCUT2D eigenvalue weighted by Gasteiger charge is 2.38. The van der Waals surface area contributed by atoms with Crippen molar-refractivity contribution >= 4 is 12.0 Å². The highest BCUT2D eigenvalue weighted by Crippen LogP contribution is 2.51. The maximum atomic E-state index is 13.6. The second-order valence-electron chi connectivity index (χ2n) is 13.2. The molecule has 12 nitrogen and oxygen atoms in total. The van der Waals surface area contributed by atoms with E-state index in [0.29, 0.717) is 19.8 Å². The third kappa shape index (κ3) is 5.20. The Kier molecular flexibility index (Phi) is 7.39. The molecule has 244 valence electrons. The fraction of sp³-hybridized carbons (Fsp3) is 0.429. The molecular weight excluding hydrogens is 598 g/mol. The van der Waals surface area contributed by atoms with Crippen molar-refractivity contribution in [3.63, 3.8) is 0 Å². The molecule has 4 aromatic rings. The molecule has 2 fully saturated rings. The molecule has 3 atom stereocenters. The zero-order chi connectivity index (χ0) is 32.2. The first-order valence-corrected chi connectivity index (χ1v) is 16.5. The van der Waals surface area contributed by atoms with Crippen LogP contribution < -0.4 is 20.1 Å². The van der Waals surface area contributed by atoms with Gasteiger partial charge in [-0.3, -0.25) is 4.79 Å². The number of likely N-dealkylation sites (tertiary alicyclic amines) is 1. The quantitative estimate of drug-likeness (QED) is 0.211. The Balaban J connectivity index is 1.06. The lowest BCUT2D eigenvalue weighted by atomic mass is 9.87. The molecule has 4 aliphatic rings. The van der Waals surface area contributed by atoms with Gasteiger partial charge in [0, 0.05) is 39.9 Å². The summed E-state index contributed by atoms with van der Waals surface area (Å²) in [5.41, 5.74) is 8.10. The number of rotatable bonds is 7. The Morgan fingerprint density at radius 1 is 0.915 bits per heavy atom. The summed E-state index contributed by atoms with van der Waals surface area (Å²) >= 11 is 0. The van der Waals surface area contributed by atoms with Crippen LogP contribution in [0.1, 0.15) is 74.4 Å². The maximum absolute atomic E-state index is 13.6. The molecule has 2 amide bonds. The number of nitrogens with one attached hydrogen (secondary N) is 4. The van der Waals surface area contributed by atoms with E-state index in [4.69, 9.17) is 19.2 Å². The van der Waals surface area contributed by atoms with Gasteiger partial charge in [-0.05, 0) is 62.4 Å². The number of amides is 2. The number of aromatic amines is 2. The maximum Gasteiger partial charge on any atom is 0.407 e. The van der Waals surface area contributed by atoms with E-state index in [2.05, 4.69) is 49.9 Å². The monoisotopic (exact) mass is 637 g/mol. The average Bonchev–Trinajstić information content (AvgIpc) is 3.91. The Hall–Kier alpha value is -4.84. The molecule has 0 bridgehead atoms. The molecule has 8 rings (SSSR count). The summed E-state index contributed by atoms with van der Waals surface area (Å²) in [5, 5.41) is 6.21. The van der Waals surface area contributed by atoms with E-state index >= 15 is 0 Å². The third-order valence-electron chi connectivity index (χ3n) is 9.83. The van der Waals surface area contributed by atoms with Crippen LogP contribution >= 0.6 is 0 Å². The number of imidazole rings is 2. The van der Waals surface area contributed by atoms with Gasteiger partial charge >= 0.3 is 6.09 Å². The van der Waals surface area contributed by atoms with E-state index in [1.54, 1.807) is 0 Å². The second-order valence-corrected chi connectivity index (χ2v) is 13.2. The Bertz CT molecular complexity index is 1810. The number of hydrogen-bond acceptors (Lipinski definition) is 8. The molecule has 0 spiro atoms. The van der Waals surface area contributed by atoms with Gasteiger partial charge in [-0.1, -0.05) is 13.8 Å². The van der Waals surface area contributed by atoms with Crippen molar-refractivity contribution in [2.45, 2.75) is 70.9 Å². The van der Waals surface area contributed by atoms with Gasteiger partial charge in [-0.15, -0.1) is 0 Å². The lowest BCUT2D eigenvalue weighted by Crippen LogP contribution is -2.51. The minimum absolute atomic E-state index is 0.0978. The van der Waals surface area contributed by atoms with Gasteiger partial charge in [0.1, 0.15) is 42.4 Å². The topological polar surface area (TPSA) is 146 Å². The van der Waals surface area contributed by atoms with Crippen molar-refractivity contribution in [3.8, 4) is 45.1 Å². The van der Waals surface area contributed by atoms with Crippen LogP contribution in [0.3, 0.4) is 0 Å². The summed E-state index contributed by atoms with van der Waals surface area (Å²) in [7, 11) is 1.30. The van der Waals surface area contributed by atoms with Gasteiger partial charge in [0.15, 0.2) is 0 Å². The number of carbonyl (C=O) groups is 2. The van der Waals surface area contributed by atoms with E-state index in [0.717, 1.165) is 100 Å². The standard InChI is InChI=1S/C35H39N7O5/c1-18(2)31(41-35(44)45-3)34(43)42-9-5-7-26(42)33-38-15-25(40-33)20-11-22-17-46-27-12-19(10-21-16-47-28(13-20)30(22)29(21)27)24-14-37-32(39-24)23-6-4-8-36-23/h10-15,18,23,26,31,36H,4-9,16-17H2,1-3H3,(H,37,39)(H,38,40)(H,41,44). The van der Waals surface area contributed by atoms with E-state index < -0.39 is 12.1 Å². The highest BCUT2D eigenvalue weighted by molar-refractivity contribution is 5.89. The van der Waals surface area contributed by atoms with Crippen molar-refractivity contribution < 1.29 is 23.8 Å². The summed E-state index contributed by atoms with van der Waals surface area (Å²) < 4.78 is 17.5. The molecule has 4 aliphatic heterocycles. The van der Waals surface area contributed by atoms with Crippen molar-refractivity contribution in [1.29, 1.82) is 0 Å². The summed E-state index contributed by atoms with van der Waals surface area (Å²) in [6.07, 6.45) is 7.00. The fourth-order valence-corrected chi connectivity index (χ4v) is 7.42. The van der Waals surface area contributed by atoms with Crippen LogP contribution in [0.5, 0.6) is 11.5 Å².